The van der Waals surface area contributed by atoms with Crippen molar-refractivity contribution < 1.29 is 19.4 Å². The Balaban J connectivity index is 3.70. The molecule has 0 aromatic rings. The average Bonchev–Trinajstić information content (AvgIpc) is 2.32. The van der Waals surface area contributed by atoms with E-state index in [-0.39, 0.29) is 19.8 Å². The van der Waals surface area contributed by atoms with Gasteiger partial charge in [-0.2, -0.15) is 0 Å². The fourth-order valence-electron chi connectivity index (χ4n) is 0.913. The quantitative estimate of drug-likeness (QED) is 0.191. The third-order valence-electron chi connectivity index (χ3n) is 1.93. The molecule has 0 rings (SSSR count). The Morgan fingerprint density at radius 2 is 1.63 bits per heavy atom. The second-order valence-electron chi connectivity index (χ2n) is 3.90. The molecule has 0 aromatic carbocycles. The lowest BCUT2D eigenvalue weighted by molar-refractivity contribution is -0.126. The summed E-state index contributed by atoms with van der Waals surface area (Å²) in [6, 6.07) is 0. The van der Waals surface area contributed by atoms with Crippen LogP contribution < -0.4 is 21.2 Å². The largest absolute Gasteiger partial charge is 0.437 e. The van der Waals surface area contributed by atoms with Crippen LogP contribution in [0.1, 0.15) is 6.92 Å². The van der Waals surface area contributed by atoms with E-state index in [4.69, 9.17) is 5.02 Å². The Labute approximate surface area is 112 Å². The van der Waals surface area contributed by atoms with E-state index in [1.54, 1.807) is 0 Å². The predicted molar refractivity (Wildman–Crippen MR) is 70.8 cm³/mol. The van der Waals surface area contributed by atoms with E-state index in [0.717, 1.165) is 0 Å². The molecule has 0 saturated heterocycles. The zero-order chi connectivity index (χ0) is 14.8. The van der Waals surface area contributed by atoms with Crippen LogP contribution in [0, 0.1) is 0 Å². The monoisotopic (exact) mass is 270 g/mol. The van der Waals surface area contributed by atoms with Gasteiger partial charge in [0.1, 0.15) is 0 Å². The summed E-state index contributed by atoms with van der Waals surface area (Å²) in [5.41, 5.74) is 0.301. The minimum atomic E-state index is -0.729. The van der Waals surface area contributed by atoms with Gasteiger partial charge in [-0.05, 0) is 13.7 Å². The standard InChI is InChI=1S/C10H19BN4O4/c1-7(2)10(18)13-5-8(16)12-4-9(17)14-6-15-11(3)19/h15,19H,1,4-6H2,2-3H3,(H,12,16)(H,13,18)(H,14,17). The highest BCUT2D eigenvalue weighted by Gasteiger charge is 2.08. The minimum absolute atomic E-state index is 0.0960. The zero-order valence-electron chi connectivity index (χ0n) is 11.1. The van der Waals surface area contributed by atoms with Crippen molar-refractivity contribution >= 4 is 24.8 Å². The van der Waals surface area contributed by atoms with Gasteiger partial charge in [0.25, 0.3) is 0 Å². The summed E-state index contributed by atoms with van der Waals surface area (Å²) < 4.78 is 0. The minimum Gasteiger partial charge on any atom is -0.437 e. The van der Waals surface area contributed by atoms with E-state index in [0.29, 0.717) is 5.57 Å². The topological polar surface area (TPSA) is 120 Å². The van der Waals surface area contributed by atoms with Crippen molar-refractivity contribution in [3.05, 3.63) is 12.2 Å². The van der Waals surface area contributed by atoms with Gasteiger partial charge >= 0.3 is 7.05 Å². The van der Waals surface area contributed by atoms with Crippen LogP contribution >= 0.6 is 0 Å². The van der Waals surface area contributed by atoms with E-state index in [1.165, 1.54) is 13.7 Å². The van der Waals surface area contributed by atoms with E-state index < -0.39 is 24.8 Å². The number of hydrogen-bond donors (Lipinski definition) is 5. The highest BCUT2D eigenvalue weighted by Crippen LogP contribution is 1.83. The van der Waals surface area contributed by atoms with Gasteiger partial charge in [-0.3, -0.25) is 14.4 Å². The van der Waals surface area contributed by atoms with Crippen LogP contribution in [0.25, 0.3) is 0 Å². The molecule has 0 aliphatic carbocycles. The molecule has 0 heterocycles. The first-order valence-corrected chi connectivity index (χ1v) is 5.71. The van der Waals surface area contributed by atoms with Crippen molar-refractivity contribution in [2.24, 2.45) is 0 Å². The average molecular weight is 270 g/mol. The van der Waals surface area contributed by atoms with E-state index in [9.17, 15) is 14.4 Å². The highest BCUT2D eigenvalue weighted by molar-refractivity contribution is 6.45. The first kappa shape index (κ1) is 17.1. The smallest absolute Gasteiger partial charge is 0.375 e. The van der Waals surface area contributed by atoms with Crippen molar-refractivity contribution in [1.29, 1.82) is 0 Å². The Bertz CT molecular complexity index is 359. The van der Waals surface area contributed by atoms with Gasteiger partial charge in [0.05, 0.1) is 19.8 Å². The van der Waals surface area contributed by atoms with E-state index in [2.05, 4.69) is 27.8 Å². The van der Waals surface area contributed by atoms with E-state index in [1.807, 2.05) is 0 Å². The summed E-state index contributed by atoms with van der Waals surface area (Å²) in [4.78, 5) is 33.6. The summed E-state index contributed by atoms with van der Waals surface area (Å²) in [5, 5.41) is 18.5. The van der Waals surface area contributed by atoms with Crippen molar-refractivity contribution in [2.45, 2.75) is 13.7 Å². The second kappa shape index (κ2) is 9.12. The molecule has 19 heavy (non-hydrogen) atoms. The first-order chi connectivity index (χ1) is 8.82. The molecule has 9 heteroatoms. The maximum Gasteiger partial charge on any atom is 0.375 e. The molecule has 0 fully saturated rings. The van der Waals surface area contributed by atoms with Crippen LogP contribution in [0.5, 0.6) is 0 Å². The van der Waals surface area contributed by atoms with Gasteiger partial charge in [-0.1, -0.05) is 6.58 Å². The third-order valence-corrected chi connectivity index (χ3v) is 1.93. The van der Waals surface area contributed by atoms with Gasteiger partial charge < -0.3 is 26.2 Å². The molecule has 5 N–H and O–H groups in total. The van der Waals surface area contributed by atoms with Crippen LogP contribution in [0.15, 0.2) is 12.2 Å². The van der Waals surface area contributed by atoms with Crippen LogP contribution in [0.3, 0.4) is 0 Å². The molecular formula is C10H19BN4O4. The number of carbonyl (C=O) groups is 3. The van der Waals surface area contributed by atoms with Gasteiger partial charge in [-0.25, -0.2) is 0 Å². The number of hydrogen-bond acceptors (Lipinski definition) is 5. The number of carbonyl (C=O) groups excluding carboxylic acids is 3. The number of amides is 3. The molecule has 0 bridgehead atoms. The summed E-state index contributed by atoms with van der Waals surface area (Å²) >= 11 is 0. The Morgan fingerprint density at radius 3 is 2.16 bits per heavy atom. The SMILES string of the molecule is C=C(C)C(=O)NCC(=O)NCC(=O)NCNB(C)O. The molecule has 0 aliphatic rings. The van der Waals surface area contributed by atoms with Gasteiger partial charge in [-0.15, -0.1) is 0 Å². The van der Waals surface area contributed by atoms with Crippen LogP contribution in [-0.4, -0.2) is 49.6 Å². The molecule has 0 aromatic heterocycles. The Hall–Kier alpha value is -1.87. The van der Waals surface area contributed by atoms with E-state index >= 15 is 0 Å². The maximum atomic E-state index is 11.3. The van der Waals surface area contributed by atoms with Gasteiger partial charge in [0, 0.05) is 5.57 Å². The molecule has 0 atom stereocenters. The van der Waals surface area contributed by atoms with Crippen LogP contribution in [0.2, 0.25) is 6.82 Å². The first-order valence-electron chi connectivity index (χ1n) is 5.71. The lowest BCUT2D eigenvalue weighted by Gasteiger charge is -2.08. The van der Waals surface area contributed by atoms with Gasteiger partial charge in [0.15, 0.2) is 0 Å². The zero-order valence-corrected chi connectivity index (χ0v) is 11.1. The number of nitrogens with one attached hydrogen (secondary N) is 4. The molecule has 0 spiro atoms. The molecule has 106 valence electrons. The lowest BCUT2D eigenvalue weighted by atomic mass is 9.90. The molecule has 3 amide bonds. The normalized spacial score (nSPS) is 9.42. The summed E-state index contributed by atoms with van der Waals surface area (Å²) in [6.45, 7) is 6.13. The fraction of sp³-hybridized carbons (Fsp3) is 0.500. The van der Waals surface area contributed by atoms with Crippen LogP contribution in [0.4, 0.5) is 0 Å². The summed E-state index contributed by atoms with van der Waals surface area (Å²) in [7, 11) is -0.729. The van der Waals surface area contributed by atoms with Crippen LogP contribution in [-0.2, 0) is 14.4 Å². The fourth-order valence-corrected chi connectivity index (χ4v) is 0.913. The summed E-state index contributed by atoms with van der Waals surface area (Å²) in [6.07, 6.45) is 0. The molecule has 0 unspecified atom stereocenters. The summed E-state index contributed by atoms with van der Waals surface area (Å²) in [5.74, 6) is -1.30. The highest BCUT2D eigenvalue weighted by atomic mass is 16.2. The molecule has 8 nitrogen and oxygen atoms in total. The van der Waals surface area contributed by atoms with Crippen molar-refractivity contribution in [1.82, 2.24) is 21.2 Å². The van der Waals surface area contributed by atoms with Crippen molar-refractivity contribution in [3.63, 3.8) is 0 Å². The molecule has 0 saturated carbocycles. The lowest BCUT2D eigenvalue weighted by Crippen LogP contribution is -2.46. The molecule has 0 aliphatic heterocycles. The van der Waals surface area contributed by atoms with Crippen molar-refractivity contribution in [3.8, 4) is 0 Å². The molecular weight excluding hydrogens is 251 g/mol. The Kier molecular flexibility index (Phi) is 8.22. The van der Waals surface area contributed by atoms with Crippen molar-refractivity contribution in [2.75, 3.05) is 19.8 Å². The molecule has 0 radical (unpaired) electrons. The second-order valence-corrected chi connectivity index (χ2v) is 3.90. The van der Waals surface area contributed by atoms with Gasteiger partial charge in [0.2, 0.25) is 17.7 Å². The number of rotatable bonds is 8. The Morgan fingerprint density at radius 1 is 1.11 bits per heavy atom. The predicted octanol–water partition coefficient (Wildman–Crippen LogP) is -2.43. The maximum absolute atomic E-state index is 11.3. The third kappa shape index (κ3) is 9.80.